The Balaban J connectivity index is 4.14. The number of phosphoric ester groups is 1. The second kappa shape index (κ2) is 54.9. The van der Waals surface area contributed by atoms with Crippen LogP contribution in [0.4, 0.5) is 0 Å². The van der Waals surface area contributed by atoms with Gasteiger partial charge in [-0.25, -0.2) is 0 Å². The van der Waals surface area contributed by atoms with Crippen LogP contribution in [0.1, 0.15) is 213 Å². The third-order valence-corrected chi connectivity index (χ3v) is 12.9. The van der Waals surface area contributed by atoms with Gasteiger partial charge in [-0.1, -0.05) is 225 Å². The van der Waals surface area contributed by atoms with E-state index in [0.717, 1.165) is 128 Å². The van der Waals surface area contributed by atoms with Gasteiger partial charge in [0.25, 0.3) is 7.82 Å². The number of unbranched alkanes of at least 4 members (excludes halogenated alkanes) is 16. The first-order valence-corrected chi connectivity index (χ1v) is 30.9. The zero-order chi connectivity index (χ0) is 54.9. The highest BCUT2D eigenvalue weighted by atomic mass is 31.2. The van der Waals surface area contributed by atoms with Crippen LogP contribution in [0, 0.1) is 0 Å². The first kappa shape index (κ1) is 71.2. The number of nitrogens with zero attached hydrogens (tertiary/aromatic N) is 1. The van der Waals surface area contributed by atoms with Crippen molar-refractivity contribution in [3.8, 4) is 0 Å². The van der Waals surface area contributed by atoms with Gasteiger partial charge in [-0.2, -0.15) is 0 Å². The molecule has 0 aromatic carbocycles. The van der Waals surface area contributed by atoms with Crippen molar-refractivity contribution in [1.29, 1.82) is 0 Å². The molecule has 0 spiro atoms. The highest BCUT2D eigenvalue weighted by Crippen LogP contribution is 2.38. The Morgan fingerprint density at radius 1 is 0.427 bits per heavy atom. The van der Waals surface area contributed by atoms with Gasteiger partial charge >= 0.3 is 11.9 Å². The van der Waals surface area contributed by atoms with Crippen molar-refractivity contribution in [3.63, 3.8) is 0 Å². The Hall–Kier alpha value is -3.85. The van der Waals surface area contributed by atoms with Gasteiger partial charge in [0, 0.05) is 12.8 Å². The van der Waals surface area contributed by atoms with E-state index in [1.54, 1.807) is 0 Å². The summed E-state index contributed by atoms with van der Waals surface area (Å²) in [6.45, 7) is 4.04. The minimum Gasteiger partial charge on any atom is -0.756 e. The molecule has 2 atom stereocenters. The molecule has 426 valence electrons. The number of esters is 2. The van der Waals surface area contributed by atoms with Crippen molar-refractivity contribution in [2.75, 3.05) is 47.5 Å². The van der Waals surface area contributed by atoms with Crippen LogP contribution in [-0.2, 0) is 32.7 Å². The molecule has 0 bridgehead atoms. The number of rotatable bonds is 52. The molecule has 0 saturated heterocycles. The maximum atomic E-state index is 12.8. The van der Waals surface area contributed by atoms with Crippen LogP contribution in [0.15, 0.2) is 134 Å². The van der Waals surface area contributed by atoms with E-state index < -0.39 is 32.5 Å². The Kier molecular flexibility index (Phi) is 52.1. The maximum absolute atomic E-state index is 12.8. The lowest BCUT2D eigenvalue weighted by atomic mass is 10.1. The average molecular weight is 1060 g/mol. The zero-order valence-corrected chi connectivity index (χ0v) is 49.1. The molecule has 0 aliphatic carbocycles. The minimum atomic E-state index is -4.65. The number of phosphoric acid groups is 1. The van der Waals surface area contributed by atoms with Gasteiger partial charge in [0.05, 0.1) is 27.7 Å². The van der Waals surface area contributed by atoms with E-state index in [2.05, 4.69) is 148 Å². The van der Waals surface area contributed by atoms with Gasteiger partial charge in [-0.3, -0.25) is 14.2 Å². The fourth-order valence-electron chi connectivity index (χ4n) is 7.37. The smallest absolute Gasteiger partial charge is 0.306 e. The molecule has 0 aromatic heterocycles. The van der Waals surface area contributed by atoms with E-state index in [1.807, 2.05) is 21.1 Å². The molecule has 10 heteroatoms. The van der Waals surface area contributed by atoms with Crippen LogP contribution >= 0.6 is 7.82 Å². The highest BCUT2D eigenvalue weighted by Gasteiger charge is 2.21. The van der Waals surface area contributed by atoms with Gasteiger partial charge in [0.1, 0.15) is 19.8 Å². The molecule has 0 fully saturated rings. The molecule has 0 aromatic rings. The van der Waals surface area contributed by atoms with Gasteiger partial charge in [0.2, 0.25) is 0 Å². The van der Waals surface area contributed by atoms with E-state index in [1.165, 1.54) is 44.9 Å². The van der Waals surface area contributed by atoms with Crippen LogP contribution in [0.3, 0.4) is 0 Å². The lowest BCUT2D eigenvalue weighted by molar-refractivity contribution is -0.870. The molecule has 0 aliphatic rings. The Labute approximate surface area is 460 Å². The fourth-order valence-corrected chi connectivity index (χ4v) is 8.10. The van der Waals surface area contributed by atoms with Crippen LogP contribution < -0.4 is 4.89 Å². The summed E-state index contributed by atoms with van der Waals surface area (Å²) < 4.78 is 34.1. The number of allylic oxidation sites excluding steroid dienone is 22. The van der Waals surface area contributed by atoms with E-state index in [-0.39, 0.29) is 26.1 Å². The summed E-state index contributed by atoms with van der Waals surface area (Å²) in [5.74, 6) is -0.866. The molecule has 0 saturated carbocycles. The van der Waals surface area contributed by atoms with Crippen LogP contribution in [0.25, 0.3) is 0 Å². The normalized spacial score (nSPS) is 14.3. The average Bonchev–Trinajstić information content (AvgIpc) is 3.37. The summed E-state index contributed by atoms with van der Waals surface area (Å²) in [5, 5.41) is 0. The van der Waals surface area contributed by atoms with Crippen LogP contribution in [-0.4, -0.2) is 70.0 Å². The number of hydrogen-bond acceptors (Lipinski definition) is 8. The summed E-state index contributed by atoms with van der Waals surface area (Å²) >= 11 is 0. The molecular formula is C65H108NO8P. The van der Waals surface area contributed by atoms with Gasteiger partial charge < -0.3 is 27.9 Å². The number of quaternary nitrogens is 1. The monoisotopic (exact) mass is 1060 g/mol. The van der Waals surface area contributed by atoms with Crippen molar-refractivity contribution in [2.24, 2.45) is 0 Å². The van der Waals surface area contributed by atoms with Crippen molar-refractivity contribution >= 4 is 19.8 Å². The summed E-state index contributed by atoms with van der Waals surface area (Å²) in [6.07, 6.45) is 79.3. The predicted octanol–water partition coefficient (Wildman–Crippen LogP) is 17.9. The van der Waals surface area contributed by atoms with E-state index in [9.17, 15) is 19.0 Å². The standard InChI is InChI=1S/C65H108NO8P/c1-6-8-10-12-14-16-18-20-22-23-24-25-26-27-28-29-30-31-32-33-34-35-36-37-38-39-40-41-42-43-44-46-48-50-52-54-56-58-65(68)74-63(62-73-75(69,70)72-60-59-66(3,4)5)61-71-64(67)57-55-53-51-49-47-45-21-19-17-15-13-11-9-7-2/h8,10,13-16,19-22,24-25,27-28,30-31,33-34,36-37,39-40,63H,6-7,9,11-12,17-18,23,26,29,32,35,38,41-62H2,1-5H3/b10-8-,15-13-,16-14-,21-19-,22-20-,25-24-,28-27-,31-30-,34-33-,37-36-,40-39-. The molecule has 0 aliphatic heterocycles. The Bertz CT molecular complexity index is 1730. The molecule has 0 radical (unpaired) electrons. The summed E-state index contributed by atoms with van der Waals surface area (Å²) in [6, 6.07) is 0. The maximum Gasteiger partial charge on any atom is 0.306 e. The first-order chi connectivity index (χ1) is 36.5. The quantitative estimate of drug-likeness (QED) is 0.0195. The SMILES string of the molecule is CC/C=C\C/C=C\C/C=C\C/C=C\C/C=C\C/C=C\C/C=C\C/C=C\C/C=C\CCCCCCCCCCCC(=O)OC(COC(=O)CCCCCCC/C=C\C/C=C\CCCC)COP(=O)([O-])OCC[N+](C)(C)C. The van der Waals surface area contributed by atoms with Gasteiger partial charge in [0.15, 0.2) is 6.10 Å². The molecule has 0 N–H and O–H groups in total. The number of carbonyl (C=O) groups is 2. The van der Waals surface area contributed by atoms with Gasteiger partial charge in [-0.15, -0.1) is 0 Å². The summed E-state index contributed by atoms with van der Waals surface area (Å²) in [5.41, 5.74) is 0. The third-order valence-electron chi connectivity index (χ3n) is 11.9. The topological polar surface area (TPSA) is 111 Å². The third kappa shape index (κ3) is 59.3. The van der Waals surface area contributed by atoms with Crippen LogP contribution in [0.5, 0.6) is 0 Å². The fraction of sp³-hybridized carbons (Fsp3) is 0.631. The van der Waals surface area contributed by atoms with Gasteiger partial charge in [-0.05, 0) is 109 Å². The number of carbonyl (C=O) groups excluding carboxylic acids is 2. The number of likely N-dealkylation sites (N-methyl/N-ethyl adjacent to an activating group) is 1. The van der Waals surface area contributed by atoms with Crippen molar-refractivity contribution in [1.82, 2.24) is 0 Å². The number of hydrogen-bond donors (Lipinski definition) is 0. The lowest BCUT2D eigenvalue weighted by Gasteiger charge is -2.28. The summed E-state index contributed by atoms with van der Waals surface area (Å²) in [7, 11) is 1.14. The van der Waals surface area contributed by atoms with E-state index in [4.69, 9.17) is 18.5 Å². The lowest BCUT2D eigenvalue weighted by Crippen LogP contribution is -2.37. The molecule has 9 nitrogen and oxygen atoms in total. The van der Waals surface area contributed by atoms with Crippen LogP contribution in [0.2, 0.25) is 0 Å². The molecule has 0 heterocycles. The second-order valence-corrected chi connectivity index (χ2v) is 21.7. The van der Waals surface area contributed by atoms with Crippen molar-refractivity contribution < 1.29 is 42.1 Å². The largest absolute Gasteiger partial charge is 0.756 e. The highest BCUT2D eigenvalue weighted by molar-refractivity contribution is 7.45. The van der Waals surface area contributed by atoms with E-state index in [0.29, 0.717) is 23.9 Å². The Morgan fingerprint density at radius 3 is 1.13 bits per heavy atom. The van der Waals surface area contributed by atoms with Crippen molar-refractivity contribution in [3.05, 3.63) is 134 Å². The number of ether oxygens (including phenoxy) is 2. The first-order valence-electron chi connectivity index (χ1n) is 29.4. The molecule has 75 heavy (non-hydrogen) atoms. The zero-order valence-electron chi connectivity index (χ0n) is 48.2. The predicted molar refractivity (Wildman–Crippen MR) is 318 cm³/mol. The molecule has 0 rings (SSSR count). The van der Waals surface area contributed by atoms with E-state index >= 15 is 0 Å². The minimum absolute atomic E-state index is 0.0410. The van der Waals surface area contributed by atoms with Crippen molar-refractivity contribution in [2.45, 2.75) is 219 Å². The molecule has 0 amide bonds. The summed E-state index contributed by atoms with van der Waals surface area (Å²) in [4.78, 5) is 37.8. The second-order valence-electron chi connectivity index (χ2n) is 20.3. The molecular weight excluding hydrogens is 954 g/mol. The molecule has 2 unspecified atom stereocenters. The Morgan fingerprint density at radius 2 is 0.760 bits per heavy atom.